The van der Waals surface area contributed by atoms with Gasteiger partial charge in [-0.1, -0.05) is 36.4 Å². The first-order valence-corrected chi connectivity index (χ1v) is 12.3. The number of piperazine rings is 1. The Hall–Kier alpha value is -3.84. The van der Waals surface area contributed by atoms with Crippen LogP contribution in [0.1, 0.15) is 5.56 Å². The summed E-state index contributed by atoms with van der Waals surface area (Å²) in [6.45, 7) is 6.67. The highest BCUT2D eigenvalue weighted by molar-refractivity contribution is 5.78. The van der Waals surface area contributed by atoms with E-state index in [1.54, 1.807) is 0 Å². The van der Waals surface area contributed by atoms with E-state index < -0.39 is 0 Å². The first-order chi connectivity index (χ1) is 17.2. The van der Waals surface area contributed by atoms with Gasteiger partial charge in [-0.25, -0.2) is 9.97 Å². The molecule has 0 atom stereocenters. The molecule has 0 spiro atoms. The molecule has 0 unspecified atom stereocenters. The van der Waals surface area contributed by atoms with E-state index in [0.29, 0.717) is 0 Å². The number of benzene rings is 1. The summed E-state index contributed by atoms with van der Waals surface area (Å²) in [5, 5.41) is 1.20. The molecular formula is C28H31N7. The predicted octanol–water partition coefficient (Wildman–Crippen LogP) is 4.14. The zero-order chi connectivity index (χ0) is 23.6. The molecular weight excluding hydrogens is 434 g/mol. The molecule has 1 aliphatic heterocycles. The van der Waals surface area contributed by atoms with Crippen LogP contribution in [0.25, 0.3) is 16.7 Å². The molecule has 1 aliphatic rings. The van der Waals surface area contributed by atoms with E-state index in [9.17, 15) is 0 Å². The van der Waals surface area contributed by atoms with Crippen LogP contribution < -0.4 is 9.80 Å². The van der Waals surface area contributed by atoms with Crippen molar-refractivity contribution in [2.24, 2.45) is 0 Å². The number of aromatic nitrogens is 4. The molecule has 1 saturated heterocycles. The van der Waals surface area contributed by atoms with E-state index in [4.69, 9.17) is 4.98 Å². The van der Waals surface area contributed by atoms with Crippen LogP contribution in [0, 0.1) is 0 Å². The van der Waals surface area contributed by atoms with Crippen molar-refractivity contribution in [2.45, 2.75) is 13.1 Å². The van der Waals surface area contributed by atoms with E-state index in [-0.39, 0.29) is 0 Å². The molecule has 1 aromatic carbocycles. The average Bonchev–Trinajstić information content (AvgIpc) is 3.55. The van der Waals surface area contributed by atoms with Crippen LogP contribution in [0.15, 0.2) is 85.3 Å². The van der Waals surface area contributed by atoms with Crippen LogP contribution in [0.2, 0.25) is 0 Å². The Bertz CT molecular complexity index is 1410. The van der Waals surface area contributed by atoms with E-state index >= 15 is 0 Å². The number of pyridine rings is 2. The quantitative estimate of drug-likeness (QED) is 0.361. The van der Waals surface area contributed by atoms with E-state index in [2.05, 4.69) is 103 Å². The SMILES string of the molecule is CN(CCn1ccc2ccc(N3CCN(c4cccc5nccn45)CC3)nc21)Cc1ccccc1. The number of imidazole rings is 1. The lowest BCUT2D eigenvalue weighted by atomic mass is 10.2. The Balaban J connectivity index is 1.12. The molecule has 35 heavy (non-hydrogen) atoms. The largest absolute Gasteiger partial charge is 0.354 e. The fourth-order valence-electron chi connectivity index (χ4n) is 5.01. The minimum atomic E-state index is 0.923. The van der Waals surface area contributed by atoms with E-state index in [0.717, 1.165) is 62.9 Å². The molecule has 1 fully saturated rings. The van der Waals surface area contributed by atoms with Crippen molar-refractivity contribution in [3.8, 4) is 0 Å². The molecule has 0 bridgehead atoms. The number of fused-ring (bicyclic) bond motifs is 2. The van der Waals surface area contributed by atoms with Gasteiger partial charge in [-0.05, 0) is 42.9 Å². The number of rotatable bonds is 7. The van der Waals surface area contributed by atoms with Crippen molar-refractivity contribution in [3.05, 3.63) is 90.9 Å². The Morgan fingerprint density at radius 2 is 1.66 bits per heavy atom. The summed E-state index contributed by atoms with van der Waals surface area (Å²) >= 11 is 0. The van der Waals surface area contributed by atoms with Gasteiger partial charge in [-0.15, -0.1) is 0 Å². The smallest absolute Gasteiger partial charge is 0.142 e. The molecule has 7 heteroatoms. The summed E-state index contributed by atoms with van der Waals surface area (Å²) in [5.74, 6) is 2.27. The highest BCUT2D eigenvalue weighted by Gasteiger charge is 2.20. The molecule has 0 aliphatic carbocycles. The monoisotopic (exact) mass is 465 g/mol. The van der Waals surface area contributed by atoms with Crippen molar-refractivity contribution in [2.75, 3.05) is 49.6 Å². The summed E-state index contributed by atoms with van der Waals surface area (Å²) in [6, 6.07) is 23.5. The molecule has 178 valence electrons. The summed E-state index contributed by atoms with van der Waals surface area (Å²) in [5.41, 5.74) is 3.41. The van der Waals surface area contributed by atoms with Crippen molar-refractivity contribution in [1.82, 2.24) is 23.8 Å². The third-order valence-electron chi connectivity index (χ3n) is 6.95. The normalized spacial score (nSPS) is 14.5. The molecule has 5 aromatic rings. The molecule has 5 heterocycles. The minimum Gasteiger partial charge on any atom is -0.354 e. The van der Waals surface area contributed by atoms with Crippen LogP contribution in [0.3, 0.4) is 0 Å². The summed E-state index contributed by atoms with van der Waals surface area (Å²) in [4.78, 5) is 16.7. The van der Waals surface area contributed by atoms with Gasteiger partial charge in [0.1, 0.15) is 22.9 Å². The summed E-state index contributed by atoms with van der Waals surface area (Å²) in [6.07, 6.45) is 6.07. The highest BCUT2D eigenvalue weighted by atomic mass is 15.3. The Morgan fingerprint density at radius 1 is 0.829 bits per heavy atom. The lowest BCUT2D eigenvalue weighted by Gasteiger charge is -2.36. The Labute approximate surface area is 205 Å². The predicted molar refractivity (Wildman–Crippen MR) is 142 cm³/mol. The topological polar surface area (TPSA) is 44.8 Å². The molecule has 6 rings (SSSR count). The average molecular weight is 466 g/mol. The van der Waals surface area contributed by atoms with Gasteiger partial charge in [0, 0.05) is 69.8 Å². The fraction of sp³-hybridized carbons (Fsp3) is 0.286. The van der Waals surface area contributed by atoms with Gasteiger partial charge in [-0.2, -0.15) is 0 Å². The van der Waals surface area contributed by atoms with Gasteiger partial charge in [-0.3, -0.25) is 4.40 Å². The second kappa shape index (κ2) is 9.43. The van der Waals surface area contributed by atoms with Gasteiger partial charge in [0.25, 0.3) is 0 Å². The number of hydrogen-bond donors (Lipinski definition) is 0. The number of nitrogens with zero attached hydrogens (tertiary/aromatic N) is 7. The molecule has 0 radical (unpaired) electrons. The van der Waals surface area contributed by atoms with Crippen molar-refractivity contribution in [3.63, 3.8) is 0 Å². The van der Waals surface area contributed by atoms with Gasteiger partial charge in [0.2, 0.25) is 0 Å². The Kier molecular flexibility index (Phi) is 5.84. The van der Waals surface area contributed by atoms with Crippen LogP contribution in [-0.2, 0) is 13.1 Å². The molecule has 0 saturated carbocycles. The summed E-state index contributed by atoms with van der Waals surface area (Å²) in [7, 11) is 2.18. The van der Waals surface area contributed by atoms with Gasteiger partial charge < -0.3 is 19.3 Å². The van der Waals surface area contributed by atoms with Crippen LogP contribution in [0.5, 0.6) is 0 Å². The molecule has 4 aromatic heterocycles. The highest BCUT2D eigenvalue weighted by Crippen LogP contribution is 2.23. The zero-order valence-corrected chi connectivity index (χ0v) is 20.2. The lowest BCUT2D eigenvalue weighted by molar-refractivity contribution is 0.313. The second-order valence-corrected chi connectivity index (χ2v) is 9.33. The fourth-order valence-corrected chi connectivity index (χ4v) is 5.01. The van der Waals surface area contributed by atoms with Crippen LogP contribution in [0.4, 0.5) is 11.6 Å². The maximum Gasteiger partial charge on any atom is 0.142 e. The first kappa shape index (κ1) is 21.7. The molecule has 7 nitrogen and oxygen atoms in total. The number of likely N-dealkylation sites (N-methyl/N-ethyl adjacent to an activating group) is 1. The Morgan fingerprint density at radius 3 is 2.51 bits per heavy atom. The lowest BCUT2D eigenvalue weighted by Crippen LogP contribution is -2.47. The van der Waals surface area contributed by atoms with E-state index in [1.807, 2.05) is 18.5 Å². The van der Waals surface area contributed by atoms with Crippen molar-refractivity contribution in [1.29, 1.82) is 0 Å². The third kappa shape index (κ3) is 4.47. The van der Waals surface area contributed by atoms with Crippen molar-refractivity contribution >= 4 is 28.3 Å². The van der Waals surface area contributed by atoms with E-state index in [1.165, 1.54) is 16.8 Å². The van der Waals surface area contributed by atoms with Crippen LogP contribution >= 0.6 is 0 Å². The van der Waals surface area contributed by atoms with Crippen molar-refractivity contribution < 1.29 is 0 Å². The third-order valence-corrected chi connectivity index (χ3v) is 6.95. The molecule has 0 amide bonds. The van der Waals surface area contributed by atoms with Gasteiger partial charge in [0.15, 0.2) is 0 Å². The standard InChI is InChI=1S/C28H31N7/c1-31(22-23-6-3-2-4-7-23)16-17-34-14-12-24-10-11-26(30-28(24)34)32-18-20-33(21-19-32)27-9-5-8-25-29-13-15-35(25)27/h2-15H,16-22H2,1H3. The maximum absolute atomic E-state index is 5.10. The summed E-state index contributed by atoms with van der Waals surface area (Å²) < 4.78 is 4.46. The van der Waals surface area contributed by atoms with Gasteiger partial charge >= 0.3 is 0 Å². The first-order valence-electron chi connectivity index (χ1n) is 12.3. The van der Waals surface area contributed by atoms with Crippen LogP contribution in [-0.4, -0.2) is 63.6 Å². The minimum absolute atomic E-state index is 0.923. The number of anilines is 2. The van der Waals surface area contributed by atoms with Gasteiger partial charge in [0.05, 0.1) is 0 Å². The second-order valence-electron chi connectivity index (χ2n) is 9.33. The maximum atomic E-state index is 5.10. The molecule has 0 N–H and O–H groups in total. The number of hydrogen-bond acceptors (Lipinski definition) is 5. The zero-order valence-electron chi connectivity index (χ0n) is 20.2.